The van der Waals surface area contributed by atoms with Crippen molar-refractivity contribution in [2.45, 2.75) is 50.2 Å². The molecular formula is C33H30ClF6N9O3. The summed E-state index contributed by atoms with van der Waals surface area (Å²) in [4.78, 5) is 32.5. The Morgan fingerprint density at radius 3 is 2.44 bits per heavy atom. The molecular weight excluding hydrogens is 720 g/mol. The number of hydrogen-bond donors (Lipinski definition) is 2. The molecule has 4 heterocycles. The monoisotopic (exact) mass is 749 g/mol. The van der Waals surface area contributed by atoms with E-state index in [0.717, 1.165) is 20.7 Å². The fourth-order valence-corrected chi connectivity index (χ4v) is 5.82. The van der Waals surface area contributed by atoms with Gasteiger partial charge in [0.2, 0.25) is 0 Å². The van der Waals surface area contributed by atoms with Crippen LogP contribution in [0.3, 0.4) is 0 Å². The normalized spacial score (nSPS) is 17.8. The molecule has 2 N–H and O–H groups in total. The van der Waals surface area contributed by atoms with Gasteiger partial charge in [0.05, 0.1) is 36.0 Å². The van der Waals surface area contributed by atoms with Gasteiger partial charge in [-0.2, -0.15) is 13.9 Å². The van der Waals surface area contributed by atoms with Crippen molar-refractivity contribution in [3.63, 3.8) is 0 Å². The van der Waals surface area contributed by atoms with Gasteiger partial charge in [0.15, 0.2) is 17.6 Å². The number of nitrogens with zero attached hydrogens (tertiary/aromatic N) is 7. The molecule has 2 aromatic carbocycles. The maximum atomic E-state index is 14.3. The molecule has 52 heavy (non-hydrogen) atoms. The molecule has 2 aliphatic rings. The van der Waals surface area contributed by atoms with E-state index < -0.39 is 79.9 Å². The lowest BCUT2D eigenvalue weighted by Gasteiger charge is -2.38. The molecule has 0 spiro atoms. The third-order valence-electron chi connectivity index (χ3n) is 8.66. The van der Waals surface area contributed by atoms with E-state index in [1.54, 1.807) is 38.1 Å². The summed E-state index contributed by atoms with van der Waals surface area (Å²) in [6, 6.07) is 7.95. The van der Waals surface area contributed by atoms with Crippen LogP contribution in [-0.2, 0) is 14.9 Å². The first kappa shape index (κ1) is 36.4. The summed E-state index contributed by atoms with van der Waals surface area (Å²) in [7, 11) is 0. The molecule has 2 amide bonds. The quantitative estimate of drug-likeness (QED) is 0.127. The number of ether oxygens (including phenoxy) is 1. The highest BCUT2D eigenvalue weighted by atomic mass is 35.5. The minimum absolute atomic E-state index is 0.0218. The minimum atomic E-state index is -3.09. The Morgan fingerprint density at radius 1 is 1.15 bits per heavy atom. The Kier molecular flexibility index (Phi) is 9.54. The number of alkyl halides is 6. The number of carbonyl (C=O) groups is 2. The van der Waals surface area contributed by atoms with Crippen molar-refractivity contribution in [1.29, 1.82) is 5.41 Å². The number of allylic oxidation sites excluding steroid dienone is 1. The van der Waals surface area contributed by atoms with Crippen molar-refractivity contribution < 1.29 is 40.7 Å². The number of hydrogen-bond acceptors (Lipinski definition) is 7. The fourth-order valence-electron chi connectivity index (χ4n) is 5.62. The summed E-state index contributed by atoms with van der Waals surface area (Å²) in [5.41, 5.74) is 0.495. The molecule has 4 aromatic rings. The molecule has 274 valence electrons. The smallest absolute Gasteiger partial charge is 0.410 e. The Bertz CT molecular complexity index is 2030. The van der Waals surface area contributed by atoms with Gasteiger partial charge in [-0.1, -0.05) is 48.0 Å². The first-order valence-corrected chi connectivity index (χ1v) is 16.0. The van der Waals surface area contributed by atoms with E-state index in [2.05, 4.69) is 27.1 Å². The van der Waals surface area contributed by atoms with Gasteiger partial charge >= 0.3 is 12.6 Å². The lowest BCUT2D eigenvalue weighted by atomic mass is 9.93. The van der Waals surface area contributed by atoms with Gasteiger partial charge in [-0.05, 0) is 42.7 Å². The van der Waals surface area contributed by atoms with Gasteiger partial charge < -0.3 is 10.1 Å². The highest BCUT2D eigenvalue weighted by Gasteiger charge is 2.48. The second-order valence-corrected chi connectivity index (χ2v) is 13.1. The van der Waals surface area contributed by atoms with E-state index in [4.69, 9.17) is 21.7 Å². The Hall–Kier alpha value is -5.39. The van der Waals surface area contributed by atoms with Gasteiger partial charge in [0.1, 0.15) is 12.6 Å². The summed E-state index contributed by atoms with van der Waals surface area (Å²) < 4.78 is 88.3. The van der Waals surface area contributed by atoms with Crippen molar-refractivity contribution in [2.75, 3.05) is 19.7 Å². The van der Waals surface area contributed by atoms with Gasteiger partial charge in [0.25, 0.3) is 18.3 Å². The first-order chi connectivity index (χ1) is 24.5. The second-order valence-electron chi connectivity index (χ2n) is 12.7. The highest BCUT2D eigenvalue weighted by Crippen LogP contribution is 2.36. The number of aromatic nitrogens is 5. The summed E-state index contributed by atoms with van der Waals surface area (Å²) in [5.74, 6) is -4.89. The van der Waals surface area contributed by atoms with Gasteiger partial charge in [0, 0.05) is 17.2 Å². The zero-order valence-electron chi connectivity index (χ0n) is 27.4. The molecule has 2 atom stereocenters. The zero-order chi connectivity index (χ0) is 37.7. The van der Waals surface area contributed by atoms with Gasteiger partial charge in [-0.3, -0.25) is 20.0 Å². The second kappa shape index (κ2) is 13.6. The van der Waals surface area contributed by atoms with Crippen LogP contribution in [0.2, 0.25) is 5.02 Å². The molecule has 0 bridgehead atoms. The Morgan fingerprint density at radius 2 is 1.85 bits per heavy atom. The number of guanidine groups is 1. The Balaban J connectivity index is 1.34. The van der Waals surface area contributed by atoms with Crippen LogP contribution in [-0.4, -0.2) is 77.9 Å². The Labute approximate surface area is 297 Å². The van der Waals surface area contributed by atoms with Crippen LogP contribution in [0.4, 0.5) is 31.1 Å². The van der Waals surface area contributed by atoms with Gasteiger partial charge in [-0.25, -0.2) is 36.7 Å². The highest BCUT2D eigenvalue weighted by molar-refractivity contribution is 6.32. The number of likely N-dealkylation sites (tertiary alicyclic amines) is 1. The average Bonchev–Trinajstić information content (AvgIpc) is 3.83. The number of benzene rings is 2. The zero-order valence-corrected chi connectivity index (χ0v) is 28.2. The summed E-state index contributed by atoms with van der Waals surface area (Å²) in [5, 5.41) is 19.4. The molecule has 0 radical (unpaired) electrons. The third kappa shape index (κ3) is 6.93. The number of amides is 2. The molecule has 0 aliphatic carbocycles. The third-order valence-corrected chi connectivity index (χ3v) is 8.98. The van der Waals surface area contributed by atoms with E-state index in [1.807, 2.05) is 0 Å². The average molecular weight is 750 g/mol. The summed E-state index contributed by atoms with van der Waals surface area (Å²) >= 11 is 6.49. The maximum Gasteiger partial charge on any atom is 0.410 e. The molecule has 19 heteroatoms. The summed E-state index contributed by atoms with van der Waals surface area (Å²) in [6.45, 7) is 1.87. The lowest BCUT2D eigenvalue weighted by molar-refractivity contribution is -0.130. The van der Waals surface area contributed by atoms with Crippen LogP contribution in [0.25, 0.3) is 16.8 Å². The number of nitrogens with one attached hydrogen (secondary N) is 2. The number of rotatable bonds is 11. The molecule has 2 fully saturated rings. The predicted octanol–water partition coefficient (Wildman–Crippen LogP) is 6.82. The van der Waals surface area contributed by atoms with Crippen molar-refractivity contribution >= 4 is 29.6 Å². The van der Waals surface area contributed by atoms with E-state index in [-0.39, 0.29) is 22.1 Å². The SMILES string of the molecule is C=CC(C)(C)c1nc(C(F)F)n(-c2cc([C@@H](COC(=O)N3CC(F)(F)C3)N3C(=N)N[C@H](c4ccc(-c5cnn(C(F)F)c5)cc4)C3=O)ccc2Cl)n1. The van der Waals surface area contributed by atoms with E-state index in [9.17, 15) is 35.9 Å². The van der Waals surface area contributed by atoms with Crippen molar-refractivity contribution in [3.05, 3.63) is 95.3 Å². The van der Waals surface area contributed by atoms with E-state index in [1.165, 1.54) is 30.5 Å². The van der Waals surface area contributed by atoms with Crippen LogP contribution in [0.5, 0.6) is 0 Å². The van der Waals surface area contributed by atoms with Crippen LogP contribution in [0.1, 0.15) is 61.7 Å². The van der Waals surface area contributed by atoms with E-state index >= 15 is 0 Å². The molecule has 0 unspecified atom stereocenters. The van der Waals surface area contributed by atoms with Crippen LogP contribution in [0.15, 0.2) is 67.5 Å². The summed E-state index contributed by atoms with van der Waals surface area (Å²) in [6.07, 6.45) is -0.269. The van der Waals surface area contributed by atoms with E-state index in [0.29, 0.717) is 21.4 Å². The predicted molar refractivity (Wildman–Crippen MR) is 175 cm³/mol. The van der Waals surface area contributed by atoms with Crippen LogP contribution >= 0.6 is 11.6 Å². The molecule has 2 saturated heterocycles. The fraction of sp³-hybridized carbons (Fsp3) is 0.333. The number of halogens is 7. The van der Waals surface area contributed by atoms with Crippen molar-refractivity contribution in [3.8, 4) is 16.8 Å². The van der Waals surface area contributed by atoms with Crippen molar-refractivity contribution in [1.82, 2.24) is 39.7 Å². The molecule has 2 aliphatic heterocycles. The lowest BCUT2D eigenvalue weighted by Crippen LogP contribution is -2.58. The minimum Gasteiger partial charge on any atom is -0.447 e. The van der Waals surface area contributed by atoms with Crippen molar-refractivity contribution in [2.24, 2.45) is 0 Å². The molecule has 6 rings (SSSR count). The van der Waals surface area contributed by atoms with Crippen LogP contribution in [0, 0.1) is 5.41 Å². The first-order valence-electron chi connectivity index (χ1n) is 15.6. The van der Waals surface area contributed by atoms with Gasteiger partial charge in [-0.15, -0.1) is 11.7 Å². The number of carbonyl (C=O) groups excluding carboxylic acids is 2. The standard InChI is InChI=1S/C33H30ClF6N9O3/c1-4-32(2,3)28-44-26(25(35)36)49(45-28)22-11-19(9-10-21(22)34)23(14-52-31(51)46-15-33(39,40)16-46)48-27(50)24(43-30(48)41)18-7-5-17(6-8-18)20-12-42-47(13-20)29(37)38/h4-13,23-25,29H,1,14-16H2,2-3H3,(H2,41,43)/t23-,24-/m1/s1. The topological polar surface area (TPSA) is 134 Å². The molecule has 12 nitrogen and oxygen atoms in total. The maximum absolute atomic E-state index is 14.3. The largest absolute Gasteiger partial charge is 0.447 e. The molecule has 2 aromatic heterocycles. The van der Waals surface area contributed by atoms with Crippen LogP contribution < -0.4 is 5.32 Å². The molecule has 0 saturated carbocycles.